The third-order valence-electron chi connectivity index (χ3n) is 3.43. The van der Waals surface area contributed by atoms with E-state index in [-0.39, 0.29) is 5.97 Å². The van der Waals surface area contributed by atoms with Gasteiger partial charge < -0.3 is 9.84 Å². The third-order valence-corrected chi connectivity index (χ3v) is 3.43. The maximum Gasteiger partial charge on any atom is 0.333 e. The molecule has 0 saturated carbocycles. The first-order valence-corrected chi connectivity index (χ1v) is 7.96. The molecule has 0 atom stereocenters. The standard InChI is InChI=1S/C20H21N2O3/c1-15(2)20(24)25-13-11-16-6-8-18(9-7-16)21-22-19-5-3-4-17(14-19)10-12-23/h3-9,12,14,23H,1,10-11,13H2,2H3. The largest absolute Gasteiger partial charge is 0.462 e. The Morgan fingerprint density at radius 1 is 1.12 bits per heavy atom. The van der Waals surface area contributed by atoms with Gasteiger partial charge in [-0.2, -0.15) is 10.2 Å². The molecule has 0 spiro atoms. The summed E-state index contributed by atoms with van der Waals surface area (Å²) in [5.41, 5.74) is 3.89. The van der Waals surface area contributed by atoms with E-state index in [1.54, 1.807) is 6.92 Å². The molecule has 129 valence electrons. The second kappa shape index (κ2) is 9.49. The van der Waals surface area contributed by atoms with Crippen LogP contribution >= 0.6 is 0 Å². The molecule has 0 aromatic heterocycles. The van der Waals surface area contributed by atoms with Crippen molar-refractivity contribution in [2.24, 2.45) is 10.2 Å². The Labute approximate surface area is 147 Å². The number of carbonyl (C=O) groups excluding carboxylic acids is 1. The van der Waals surface area contributed by atoms with Gasteiger partial charge in [-0.05, 0) is 42.3 Å². The van der Waals surface area contributed by atoms with Gasteiger partial charge in [0.15, 0.2) is 0 Å². The molecule has 25 heavy (non-hydrogen) atoms. The van der Waals surface area contributed by atoms with Crippen LogP contribution in [0.15, 0.2) is 70.9 Å². The molecule has 0 bridgehead atoms. The number of aliphatic hydroxyl groups is 1. The monoisotopic (exact) mass is 337 g/mol. The van der Waals surface area contributed by atoms with Crippen molar-refractivity contribution in [3.63, 3.8) is 0 Å². The van der Waals surface area contributed by atoms with Crippen LogP contribution in [-0.2, 0) is 22.4 Å². The molecule has 5 nitrogen and oxygen atoms in total. The number of benzene rings is 2. The van der Waals surface area contributed by atoms with Crippen molar-refractivity contribution in [1.82, 2.24) is 0 Å². The molecule has 0 amide bonds. The first kappa shape index (κ1) is 18.5. The van der Waals surface area contributed by atoms with Crippen molar-refractivity contribution in [3.05, 3.63) is 78.4 Å². The number of esters is 1. The van der Waals surface area contributed by atoms with Gasteiger partial charge in [0.25, 0.3) is 0 Å². The van der Waals surface area contributed by atoms with Crippen LogP contribution in [0, 0.1) is 6.61 Å². The summed E-state index contributed by atoms with van der Waals surface area (Å²) in [4.78, 5) is 11.3. The van der Waals surface area contributed by atoms with Gasteiger partial charge in [-0.15, -0.1) is 0 Å². The van der Waals surface area contributed by atoms with Crippen LogP contribution < -0.4 is 0 Å². The lowest BCUT2D eigenvalue weighted by Crippen LogP contribution is -2.07. The average molecular weight is 337 g/mol. The summed E-state index contributed by atoms with van der Waals surface area (Å²) in [5.74, 6) is -0.369. The van der Waals surface area contributed by atoms with Gasteiger partial charge in [-0.3, -0.25) is 0 Å². The first-order valence-electron chi connectivity index (χ1n) is 7.96. The van der Waals surface area contributed by atoms with Gasteiger partial charge in [-0.25, -0.2) is 4.79 Å². The van der Waals surface area contributed by atoms with E-state index in [2.05, 4.69) is 16.8 Å². The molecule has 0 aliphatic carbocycles. The normalized spacial score (nSPS) is 10.8. The van der Waals surface area contributed by atoms with E-state index in [0.717, 1.165) is 29.1 Å². The fraction of sp³-hybridized carbons (Fsp3) is 0.200. The van der Waals surface area contributed by atoms with Crippen molar-refractivity contribution in [1.29, 1.82) is 0 Å². The number of carbonyl (C=O) groups is 1. The van der Waals surface area contributed by atoms with Gasteiger partial charge >= 0.3 is 5.97 Å². The van der Waals surface area contributed by atoms with Crippen molar-refractivity contribution < 1.29 is 14.6 Å². The van der Waals surface area contributed by atoms with E-state index in [0.29, 0.717) is 25.0 Å². The maximum absolute atomic E-state index is 11.3. The van der Waals surface area contributed by atoms with E-state index in [1.165, 1.54) is 0 Å². The average Bonchev–Trinajstić information content (AvgIpc) is 2.61. The van der Waals surface area contributed by atoms with E-state index >= 15 is 0 Å². The molecule has 1 radical (unpaired) electrons. The predicted molar refractivity (Wildman–Crippen MR) is 96.5 cm³/mol. The molecule has 0 saturated heterocycles. The van der Waals surface area contributed by atoms with Crippen molar-refractivity contribution >= 4 is 17.3 Å². The summed E-state index contributed by atoms with van der Waals surface area (Å²) in [7, 11) is 0. The number of hydrogen-bond acceptors (Lipinski definition) is 5. The summed E-state index contributed by atoms with van der Waals surface area (Å²) < 4.78 is 5.07. The Kier molecular flexibility index (Phi) is 7.04. The highest BCUT2D eigenvalue weighted by Gasteiger charge is 2.03. The van der Waals surface area contributed by atoms with Crippen LogP contribution in [0.25, 0.3) is 0 Å². The second-order valence-electron chi connectivity index (χ2n) is 5.59. The fourth-order valence-corrected chi connectivity index (χ4v) is 2.08. The number of azo groups is 1. The van der Waals surface area contributed by atoms with E-state index < -0.39 is 0 Å². The minimum Gasteiger partial charge on any atom is -0.462 e. The first-order chi connectivity index (χ1) is 12.1. The van der Waals surface area contributed by atoms with Crippen molar-refractivity contribution in [3.8, 4) is 0 Å². The SMILES string of the molecule is C=C(C)C(=O)OCCc1ccc(N=Nc2cccc(C[CH]O)c2)cc1. The van der Waals surface area contributed by atoms with Crippen LogP contribution in [0.3, 0.4) is 0 Å². The molecule has 1 N–H and O–H groups in total. The summed E-state index contributed by atoms with van der Waals surface area (Å²) >= 11 is 0. The van der Waals surface area contributed by atoms with Crippen molar-refractivity contribution in [2.75, 3.05) is 6.61 Å². The number of hydrogen-bond donors (Lipinski definition) is 1. The molecule has 2 rings (SSSR count). The zero-order valence-corrected chi connectivity index (χ0v) is 14.2. The van der Waals surface area contributed by atoms with E-state index in [4.69, 9.17) is 9.84 Å². The van der Waals surface area contributed by atoms with Crippen LogP contribution in [0.2, 0.25) is 0 Å². The Hall–Kier alpha value is -2.79. The Morgan fingerprint density at radius 3 is 2.52 bits per heavy atom. The van der Waals surface area contributed by atoms with Crippen molar-refractivity contribution in [2.45, 2.75) is 19.8 Å². The minimum absolute atomic E-state index is 0.321. The van der Waals surface area contributed by atoms with Crippen LogP contribution in [0.5, 0.6) is 0 Å². The summed E-state index contributed by atoms with van der Waals surface area (Å²) in [6, 6.07) is 15.1. The highest BCUT2D eigenvalue weighted by atomic mass is 16.5. The summed E-state index contributed by atoms with van der Waals surface area (Å²) in [6.45, 7) is 6.60. The van der Waals surface area contributed by atoms with Gasteiger partial charge in [0.05, 0.1) is 24.6 Å². The second-order valence-corrected chi connectivity index (χ2v) is 5.59. The Bertz CT molecular complexity index is 752. The molecular weight excluding hydrogens is 316 g/mol. The molecule has 0 aliphatic heterocycles. The smallest absolute Gasteiger partial charge is 0.333 e. The molecule has 2 aromatic rings. The van der Waals surface area contributed by atoms with Crippen LogP contribution in [0.4, 0.5) is 11.4 Å². The minimum atomic E-state index is -0.369. The number of ether oxygens (including phenoxy) is 1. The summed E-state index contributed by atoms with van der Waals surface area (Å²) in [5, 5.41) is 17.3. The zero-order valence-electron chi connectivity index (χ0n) is 14.2. The quantitative estimate of drug-likeness (QED) is 0.425. The summed E-state index contributed by atoms with van der Waals surface area (Å²) in [6.07, 6.45) is 1.12. The van der Waals surface area contributed by atoms with Gasteiger partial charge in [0.1, 0.15) is 0 Å². The highest BCUT2D eigenvalue weighted by Crippen LogP contribution is 2.20. The van der Waals surface area contributed by atoms with Gasteiger partial charge in [0, 0.05) is 18.4 Å². The topological polar surface area (TPSA) is 71.2 Å². The lowest BCUT2D eigenvalue weighted by molar-refractivity contribution is -0.138. The predicted octanol–water partition coefficient (Wildman–Crippen LogP) is 4.84. The fourth-order valence-electron chi connectivity index (χ4n) is 2.08. The molecule has 0 unspecified atom stereocenters. The Balaban J connectivity index is 1.90. The lowest BCUT2D eigenvalue weighted by Gasteiger charge is -2.04. The maximum atomic E-state index is 11.3. The van der Waals surface area contributed by atoms with Gasteiger partial charge in [-0.1, -0.05) is 30.8 Å². The molecule has 0 fully saturated rings. The molecule has 5 heteroatoms. The zero-order chi connectivity index (χ0) is 18.1. The highest BCUT2D eigenvalue weighted by molar-refractivity contribution is 5.86. The number of nitrogens with zero attached hydrogens (tertiary/aromatic N) is 2. The van der Waals surface area contributed by atoms with Crippen LogP contribution in [-0.4, -0.2) is 17.7 Å². The lowest BCUT2D eigenvalue weighted by atomic mass is 10.1. The third kappa shape index (κ3) is 6.31. The van der Waals surface area contributed by atoms with Gasteiger partial charge in [0.2, 0.25) is 0 Å². The van der Waals surface area contributed by atoms with Crippen LogP contribution in [0.1, 0.15) is 18.1 Å². The number of aliphatic hydroxyl groups excluding tert-OH is 1. The number of rotatable bonds is 8. The molecule has 0 heterocycles. The Morgan fingerprint density at radius 2 is 1.84 bits per heavy atom. The molecule has 2 aromatic carbocycles. The van der Waals surface area contributed by atoms with E-state index in [1.807, 2.05) is 48.5 Å². The molecular formula is C20H21N2O3. The van der Waals surface area contributed by atoms with E-state index in [9.17, 15) is 4.79 Å². The molecule has 0 aliphatic rings.